The molecule has 172 valence electrons. The van der Waals surface area contributed by atoms with Crippen molar-refractivity contribution in [2.24, 2.45) is 0 Å². The van der Waals surface area contributed by atoms with Crippen molar-refractivity contribution in [3.05, 3.63) is 88.2 Å². The minimum atomic E-state index is -3.96. The van der Waals surface area contributed by atoms with Gasteiger partial charge >= 0.3 is 0 Å². The maximum Gasteiger partial charge on any atom is 0.271 e. The molecule has 0 aliphatic rings. The van der Waals surface area contributed by atoms with E-state index in [1.165, 1.54) is 19.2 Å². The van der Waals surface area contributed by atoms with Crippen LogP contribution in [0.3, 0.4) is 0 Å². The number of anilines is 2. The molecule has 0 aliphatic heterocycles. The fraction of sp³-hybridized carbons (Fsp3) is 0.182. The predicted octanol–water partition coefficient (Wildman–Crippen LogP) is 2.99. The minimum absolute atomic E-state index is 0.0827. The summed E-state index contributed by atoms with van der Waals surface area (Å²) in [6, 6.07) is 14.5. The van der Waals surface area contributed by atoms with Crippen LogP contribution in [-0.4, -0.2) is 44.1 Å². The van der Waals surface area contributed by atoms with Crippen LogP contribution in [-0.2, 0) is 21.2 Å². The molecule has 0 radical (unpaired) electrons. The second-order valence-corrected chi connectivity index (χ2v) is 9.07. The van der Waals surface area contributed by atoms with Gasteiger partial charge in [0.1, 0.15) is 18.0 Å². The van der Waals surface area contributed by atoms with Crippen molar-refractivity contribution >= 4 is 33.0 Å². The van der Waals surface area contributed by atoms with E-state index < -0.39 is 27.4 Å². The number of pyridine rings is 1. The molecule has 0 spiro atoms. The van der Waals surface area contributed by atoms with Crippen LogP contribution in [0.25, 0.3) is 0 Å². The molecule has 0 saturated heterocycles. The topological polar surface area (TPSA) is 132 Å². The lowest BCUT2D eigenvalue weighted by Crippen LogP contribution is -2.37. The highest BCUT2D eigenvalue weighted by atomic mass is 32.2. The Morgan fingerprint density at radius 2 is 1.73 bits per heavy atom. The minimum Gasteiger partial charge on any atom is -0.495 e. The van der Waals surface area contributed by atoms with Gasteiger partial charge in [0.05, 0.1) is 18.3 Å². The Hall–Kier alpha value is -3.99. The van der Waals surface area contributed by atoms with Crippen molar-refractivity contribution in [3.63, 3.8) is 0 Å². The van der Waals surface area contributed by atoms with Crippen LogP contribution in [0, 0.1) is 10.1 Å². The van der Waals surface area contributed by atoms with Crippen LogP contribution in [0.4, 0.5) is 17.1 Å². The zero-order valence-corrected chi connectivity index (χ0v) is 18.8. The number of rotatable bonds is 9. The summed E-state index contributed by atoms with van der Waals surface area (Å²) in [5, 5.41) is 13.8. The summed E-state index contributed by atoms with van der Waals surface area (Å²) in [6.45, 7) is -0.588. The molecular formula is C22H22N4O6S. The summed E-state index contributed by atoms with van der Waals surface area (Å²) in [5.41, 5.74) is 2.18. The first kappa shape index (κ1) is 23.7. The van der Waals surface area contributed by atoms with Crippen LogP contribution in [0.15, 0.2) is 67.0 Å². The molecule has 1 heterocycles. The Labute approximate surface area is 191 Å². The molecule has 0 unspecified atom stereocenters. The average Bonchev–Trinajstić information content (AvgIpc) is 2.78. The van der Waals surface area contributed by atoms with Crippen molar-refractivity contribution in [1.82, 2.24) is 4.98 Å². The van der Waals surface area contributed by atoms with Crippen molar-refractivity contribution in [2.45, 2.75) is 6.42 Å². The number of sulfonamides is 1. The predicted molar refractivity (Wildman–Crippen MR) is 124 cm³/mol. The molecule has 0 fully saturated rings. The number of ether oxygens (including phenoxy) is 1. The Balaban J connectivity index is 1.77. The number of hydrogen-bond acceptors (Lipinski definition) is 7. The van der Waals surface area contributed by atoms with Gasteiger partial charge in [-0.1, -0.05) is 12.1 Å². The SMILES string of the molecule is COc1ccc([N+](=O)[O-])cc1N(CC(=O)Nc1ccc(Cc2ccncc2)cc1)S(C)(=O)=O. The largest absolute Gasteiger partial charge is 0.495 e. The molecule has 1 aromatic heterocycles. The average molecular weight is 471 g/mol. The first-order chi connectivity index (χ1) is 15.7. The molecule has 10 nitrogen and oxygen atoms in total. The molecule has 1 amide bonds. The summed E-state index contributed by atoms with van der Waals surface area (Å²) in [6.07, 6.45) is 5.04. The molecule has 33 heavy (non-hydrogen) atoms. The van der Waals surface area contributed by atoms with E-state index in [0.29, 0.717) is 12.1 Å². The van der Waals surface area contributed by atoms with E-state index in [0.717, 1.165) is 27.8 Å². The lowest BCUT2D eigenvalue weighted by atomic mass is 10.1. The van der Waals surface area contributed by atoms with E-state index in [1.54, 1.807) is 24.5 Å². The molecule has 0 bridgehead atoms. The van der Waals surface area contributed by atoms with E-state index >= 15 is 0 Å². The molecule has 3 rings (SSSR count). The summed E-state index contributed by atoms with van der Waals surface area (Å²) in [5.74, 6) is -0.532. The normalized spacial score (nSPS) is 11.0. The number of carbonyl (C=O) groups excluding carboxylic acids is 1. The fourth-order valence-electron chi connectivity index (χ4n) is 3.14. The zero-order chi connectivity index (χ0) is 24.0. The van der Waals surface area contributed by atoms with Crippen LogP contribution >= 0.6 is 0 Å². The third-order valence-electron chi connectivity index (χ3n) is 4.72. The molecule has 0 saturated carbocycles. The van der Waals surface area contributed by atoms with Gasteiger partial charge in [0.25, 0.3) is 5.69 Å². The standard InChI is InChI=1S/C22H22N4O6S/c1-32-21-8-7-19(26(28)29)14-20(21)25(33(2,30)31)15-22(27)24-18-5-3-16(4-6-18)13-17-9-11-23-12-10-17/h3-12,14H,13,15H2,1-2H3,(H,24,27). The van der Waals surface area contributed by atoms with Gasteiger partial charge in [-0.3, -0.25) is 24.2 Å². The Kier molecular flexibility index (Phi) is 7.23. The highest BCUT2D eigenvalue weighted by molar-refractivity contribution is 7.92. The molecule has 0 atom stereocenters. The Bertz CT molecular complexity index is 1250. The number of methoxy groups -OCH3 is 1. The lowest BCUT2D eigenvalue weighted by Gasteiger charge is -2.23. The zero-order valence-electron chi connectivity index (χ0n) is 18.0. The quantitative estimate of drug-likeness (QED) is 0.376. The second-order valence-electron chi connectivity index (χ2n) is 7.16. The summed E-state index contributed by atoms with van der Waals surface area (Å²) in [7, 11) is -2.65. The summed E-state index contributed by atoms with van der Waals surface area (Å²) >= 11 is 0. The number of nitro groups is 1. The second kappa shape index (κ2) is 10.1. The molecule has 0 aliphatic carbocycles. The van der Waals surface area contributed by atoms with Gasteiger partial charge in [-0.2, -0.15) is 0 Å². The Morgan fingerprint density at radius 1 is 1.09 bits per heavy atom. The number of amides is 1. The van der Waals surface area contributed by atoms with Gasteiger partial charge in [-0.05, 0) is 47.9 Å². The molecule has 2 aromatic carbocycles. The fourth-order valence-corrected chi connectivity index (χ4v) is 3.99. The van der Waals surface area contributed by atoms with E-state index in [1.807, 2.05) is 24.3 Å². The Morgan fingerprint density at radius 3 is 2.30 bits per heavy atom. The van der Waals surface area contributed by atoms with E-state index in [2.05, 4.69) is 10.3 Å². The van der Waals surface area contributed by atoms with Gasteiger partial charge in [0.15, 0.2) is 0 Å². The molecule has 11 heteroatoms. The van der Waals surface area contributed by atoms with Gasteiger partial charge in [0, 0.05) is 30.2 Å². The van der Waals surface area contributed by atoms with Crippen molar-refractivity contribution in [1.29, 1.82) is 0 Å². The molecule has 1 N–H and O–H groups in total. The number of benzene rings is 2. The molecule has 3 aromatic rings. The highest BCUT2D eigenvalue weighted by Crippen LogP contribution is 2.33. The monoisotopic (exact) mass is 470 g/mol. The van der Waals surface area contributed by atoms with E-state index in [9.17, 15) is 23.3 Å². The first-order valence-electron chi connectivity index (χ1n) is 9.75. The summed E-state index contributed by atoms with van der Waals surface area (Å²) < 4.78 is 30.7. The third-order valence-corrected chi connectivity index (χ3v) is 5.85. The number of hydrogen-bond donors (Lipinski definition) is 1. The smallest absolute Gasteiger partial charge is 0.271 e. The highest BCUT2D eigenvalue weighted by Gasteiger charge is 2.26. The maximum atomic E-state index is 12.6. The maximum absolute atomic E-state index is 12.6. The van der Waals surface area contributed by atoms with Gasteiger partial charge in [-0.25, -0.2) is 8.42 Å². The number of carbonyl (C=O) groups is 1. The van der Waals surface area contributed by atoms with E-state index in [4.69, 9.17) is 4.74 Å². The number of aromatic nitrogens is 1. The van der Waals surface area contributed by atoms with Crippen LogP contribution in [0.1, 0.15) is 11.1 Å². The summed E-state index contributed by atoms with van der Waals surface area (Å²) in [4.78, 5) is 27.1. The van der Waals surface area contributed by atoms with Crippen LogP contribution in [0.2, 0.25) is 0 Å². The van der Waals surface area contributed by atoms with Gasteiger partial charge in [0.2, 0.25) is 15.9 Å². The number of nitrogens with zero attached hydrogens (tertiary/aromatic N) is 3. The van der Waals surface area contributed by atoms with Gasteiger partial charge < -0.3 is 10.1 Å². The van der Waals surface area contributed by atoms with Crippen molar-refractivity contribution < 1.29 is 22.9 Å². The lowest BCUT2D eigenvalue weighted by molar-refractivity contribution is -0.384. The number of non-ortho nitro benzene ring substituents is 1. The van der Waals surface area contributed by atoms with E-state index in [-0.39, 0.29) is 17.1 Å². The number of nitrogens with one attached hydrogen (secondary N) is 1. The van der Waals surface area contributed by atoms with Crippen molar-refractivity contribution in [2.75, 3.05) is 29.5 Å². The van der Waals surface area contributed by atoms with Crippen LogP contribution < -0.4 is 14.4 Å². The molecular weight excluding hydrogens is 448 g/mol. The van der Waals surface area contributed by atoms with Gasteiger partial charge in [-0.15, -0.1) is 0 Å². The third kappa shape index (κ3) is 6.26. The van der Waals surface area contributed by atoms with Crippen molar-refractivity contribution in [3.8, 4) is 5.75 Å². The number of nitro benzene ring substituents is 1. The first-order valence-corrected chi connectivity index (χ1v) is 11.6. The van der Waals surface area contributed by atoms with Crippen LogP contribution in [0.5, 0.6) is 5.75 Å².